The van der Waals surface area contributed by atoms with Gasteiger partial charge < -0.3 is 10.1 Å². The molecule has 1 aromatic rings. The second-order valence-electron chi connectivity index (χ2n) is 7.77. The molecule has 0 atom stereocenters. The first-order chi connectivity index (χ1) is 10.8. The van der Waals surface area contributed by atoms with Gasteiger partial charge in [0, 0.05) is 12.5 Å². The number of hydrogen-bond acceptors (Lipinski definition) is 4. The minimum Gasteiger partial charge on any atom is -0.495 e. The first-order valence-corrected chi connectivity index (χ1v) is 9.24. The molecule has 0 bridgehead atoms. The van der Waals surface area contributed by atoms with Crippen molar-refractivity contribution in [3.8, 4) is 5.75 Å². The Morgan fingerprint density at radius 3 is 2.21 bits per heavy atom. The second-order valence-corrected chi connectivity index (χ2v) is 9.45. The van der Waals surface area contributed by atoms with E-state index in [0.717, 1.165) is 0 Å². The summed E-state index contributed by atoms with van der Waals surface area (Å²) in [6.07, 6.45) is 0.675. The van der Waals surface area contributed by atoms with Crippen LogP contribution in [0.1, 0.15) is 48.0 Å². The van der Waals surface area contributed by atoms with Gasteiger partial charge in [0.25, 0.3) is 0 Å². The standard InChI is InChI=1S/C17H28N2O4S/c1-12(20)18-14-10-13(8-9-15(14)23-7)24(21,22)19-17(5,6)11-16(2,3)4/h8-10,19H,11H2,1-7H3,(H,18,20). The fourth-order valence-electron chi connectivity index (χ4n) is 2.93. The van der Waals surface area contributed by atoms with E-state index in [2.05, 4.69) is 30.8 Å². The molecule has 24 heavy (non-hydrogen) atoms. The van der Waals surface area contributed by atoms with Gasteiger partial charge in [-0.2, -0.15) is 0 Å². The highest BCUT2D eigenvalue weighted by Crippen LogP contribution is 2.30. The van der Waals surface area contributed by atoms with Gasteiger partial charge in [-0.1, -0.05) is 20.8 Å². The van der Waals surface area contributed by atoms with E-state index in [-0.39, 0.29) is 16.2 Å². The predicted molar refractivity (Wildman–Crippen MR) is 95.8 cm³/mol. The summed E-state index contributed by atoms with van der Waals surface area (Å²) in [5, 5.41) is 2.58. The van der Waals surface area contributed by atoms with Gasteiger partial charge in [-0.25, -0.2) is 13.1 Å². The largest absolute Gasteiger partial charge is 0.495 e. The Morgan fingerprint density at radius 1 is 1.17 bits per heavy atom. The first-order valence-electron chi connectivity index (χ1n) is 7.75. The maximum atomic E-state index is 12.7. The second kappa shape index (κ2) is 7.11. The Bertz CT molecular complexity index is 704. The lowest BCUT2D eigenvalue weighted by Crippen LogP contribution is -2.45. The van der Waals surface area contributed by atoms with E-state index in [0.29, 0.717) is 17.9 Å². The maximum Gasteiger partial charge on any atom is 0.241 e. The molecule has 7 heteroatoms. The number of sulfonamides is 1. The van der Waals surface area contributed by atoms with Crippen LogP contribution in [0, 0.1) is 5.41 Å². The van der Waals surface area contributed by atoms with E-state index in [1.165, 1.54) is 32.2 Å². The fraction of sp³-hybridized carbons (Fsp3) is 0.588. The highest BCUT2D eigenvalue weighted by molar-refractivity contribution is 7.89. The third-order valence-electron chi connectivity index (χ3n) is 3.17. The van der Waals surface area contributed by atoms with E-state index in [1.807, 2.05) is 13.8 Å². The van der Waals surface area contributed by atoms with Crippen LogP contribution < -0.4 is 14.8 Å². The molecule has 0 saturated carbocycles. The Morgan fingerprint density at radius 2 is 1.75 bits per heavy atom. The van der Waals surface area contributed by atoms with E-state index in [1.54, 1.807) is 0 Å². The zero-order valence-electron chi connectivity index (χ0n) is 15.5. The van der Waals surface area contributed by atoms with Gasteiger partial charge in [-0.15, -0.1) is 0 Å². The van der Waals surface area contributed by atoms with E-state index in [9.17, 15) is 13.2 Å². The van der Waals surface area contributed by atoms with Gasteiger partial charge in [0.2, 0.25) is 15.9 Å². The Kier molecular flexibility index (Phi) is 6.05. The summed E-state index contributed by atoms with van der Waals surface area (Å²) < 4.78 is 33.3. The SMILES string of the molecule is COc1ccc(S(=O)(=O)NC(C)(C)CC(C)(C)C)cc1NC(C)=O. The quantitative estimate of drug-likeness (QED) is 0.820. The van der Waals surface area contributed by atoms with Crippen LogP contribution in [0.2, 0.25) is 0 Å². The summed E-state index contributed by atoms with van der Waals surface area (Å²) in [5.74, 6) is 0.0990. The van der Waals surface area contributed by atoms with Crippen LogP contribution in [0.4, 0.5) is 5.69 Å². The highest BCUT2D eigenvalue weighted by atomic mass is 32.2. The lowest BCUT2D eigenvalue weighted by Gasteiger charge is -2.33. The number of rotatable bonds is 6. The lowest BCUT2D eigenvalue weighted by atomic mass is 9.82. The zero-order chi connectivity index (χ0) is 18.8. The smallest absolute Gasteiger partial charge is 0.241 e. The number of hydrogen-bond donors (Lipinski definition) is 2. The van der Waals surface area contributed by atoms with Crippen molar-refractivity contribution in [2.75, 3.05) is 12.4 Å². The summed E-state index contributed by atoms with van der Waals surface area (Å²) in [6, 6.07) is 4.38. The van der Waals surface area contributed by atoms with Gasteiger partial charge >= 0.3 is 0 Å². The number of anilines is 1. The van der Waals surface area contributed by atoms with Gasteiger partial charge in [0.1, 0.15) is 5.75 Å². The summed E-state index contributed by atoms with van der Waals surface area (Å²) >= 11 is 0. The average Bonchev–Trinajstić information content (AvgIpc) is 2.33. The predicted octanol–water partition coefficient (Wildman–Crippen LogP) is 3.15. The average molecular weight is 356 g/mol. The molecule has 6 nitrogen and oxygen atoms in total. The van der Waals surface area contributed by atoms with Crippen molar-refractivity contribution in [2.45, 2.75) is 58.4 Å². The third kappa shape index (κ3) is 6.13. The summed E-state index contributed by atoms with van der Waals surface area (Å²) in [7, 11) is -2.27. The van der Waals surface area contributed by atoms with E-state index < -0.39 is 15.6 Å². The number of carbonyl (C=O) groups excluding carboxylic acids is 1. The van der Waals surface area contributed by atoms with E-state index in [4.69, 9.17) is 4.74 Å². The molecule has 0 unspecified atom stereocenters. The molecule has 136 valence electrons. The van der Waals surface area contributed by atoms with Crippen LogP contribution in [-0.4, -0.2) is 27.0 Å². The molecule has 0 aliphatic carbocycles. The summed E-state index contributed by atoms with van der Waals surface area (Å²) in [5.41, 5.74) is -0.306. The fourth-order valence-corrected chi connectivity index (χ4v) is 4.36. The molecule has 0 aliphatic heterocycles. The van der Waals surface area contributed by atoms with Gasteiger partial charge in [0.05, 0.1) is 17.7 Å². The van der Waals surface area contributed by atoms with Crippen molar-refractivity contribution in [2.24, 2.45) is 5.41 Å². The topological polar surface area (TPSA) is 84.5 Å². The summed E-state index contributed by atoms with van der Waals surface area (Å²) in [6.45, 7) is 11.2. The van der Waals surface area contributed by atoms with Crippen LogP contribution in [0.25, 0.3) is 0 Å². The van der Waals surface area contributed by atoms with E-state index >= 15 is 0 Å². The minimum absolute atomic E-state index is 0.0206. The van der Waals surface area contributed by atoms with Gasteiger partial charge in [-0.3, -0.25) is 4.79 Å². The summed E-state index contributed by atoms with van der Waals surface area (Å²) in [4.78, 5) is 11.4. The van der Waals surface area contributed by atoms with Crippen molar-refractivity contribution in [1.29, 1.82) is 0 Å². The molecular weight excluding hydrogens is 328 g/mol. The van der Waals surface area contributed by atoms with Crippen molar-refractivity contribution >= 4 is 21.6 Å². The van der Waals surface area contributed by atoms with Crippen molar-refractivity contribution in [3.05, 3.63) is 18.2 Å². The molecule has 1 amide bonds. The number of nitrogens with one attached hydrogen (secondary N) is 2. The Labute approximate surface area is 145 Å². The molecule has 1 aromatic carbocycles. The molecule has 2 N–H and O–H groups in total. The Hall–Kier alpha value is -1.60. The molecule has 1 rings (SSSR count). The molecule has 0 aromatic heterocycles. The third-order valence-corrected chi connectivity index (χ3v) is 4.87. The van der Waals surface area contributed by atoms with Crippen LogP contribution in [0.3, 0.4) is 0 Å². The van der Waals surface area contributed by atoms with Crippen molar-refractivity contribution in [3.63, 3.8) is 0 Å². The molecule has 0 heterocycles. The lowest BCUT2D eigenvalue weighted by molar-refractivity contribution is -0.114. The number of amides is 1. The van der Waals surface area contributed by atoms with Crippen LogP contribution >= 0.6 is 0 Å². The van der Waals surface area contributed by atoms with Crippen LogP contribution in [0.15, 0.2) is 23.1 Å². The number of carbonyl (C=O) groups is 1. The van der Waals surface area contributed by atoms with Crippen LogP contribution in [-0.2, 0) is 14.8 Å². The molecule has 0 spiro atoms. The molecule has 0 fully saturated rings. The van der Waals surface area contributed by atoms with Crippen LogP contribution in [0.5, 0.6) is 5.75 Å². The molecule has 0 radical (unpaired) electrons. The molecular formula is C17H28N2O4S. The van der Waals surface area contributed by atoms with Crippen molar-refractivity contribution < 1.29 is 17.9 Å². The normalized spacial score (nSPS) is 12.8. The monoisotopic (exact) mass is 356 g/mol. The molecule has 0 saturated heterocycles. The minimum atomic E-state index is -3.73. The van der Waals surface area contributed by atoms with Gasteiger partial charge in [0.15, 0.2) is 0 Å². The van der Waals surface area contributed by atoms with Gasteiger partial charge in [-0.05, 0) is 43.9 Å². The number of methoxy groups -OCH3 is 1. The Balaban J connectivity index is 3.17. The van der Waals surface area contributed by atoms with Crippen molar-refractivity contribution in [1.82, 2.24) is 4.72 Å². The highest BCUT2D eigenvalue weighted by Gasteiger charge is 2.31. The number of ether oxygens (including phenoxy) is 1. The number of benzene rings is 1. The molecule has 0 aliphatic rings. The first kappa shape index (κ1) is 20.4. The zero-order valence-corrected chi connectivity index (χ0v) is 16.3. The maximum absolute atomic E-state index is 12.7.